The molecular formula is C15H10ClN5O. The number of carbonyl (C=O) groups is 1. The van der Waals surface area contributed by atoms with E-state index in [9.17, 15) is 4.79 Å². The fourth-order valence-corrected chi connectivity index (χ4v) is 2.28. The predicted octanol–water partition coefficient (Wildman–Crippen LogP) is 2.60. The fraction of sp³-hybridized carbons (Fsp3) is 0.0667. The third-order valence-corrected chi connectivity index (χ3v) is 3.40. The summed E-state index contributed by atoms with van der Waals surface area (Å²) in [5, 5.41) is 19.8. The van der Waals surface area contributed by atoms with E-state index in [2.05, 4.69) is 15.6 Å². The number of rotatable bonds is 3. The number of para-hydroxylation sites is 1. The highest BCUT2D eigenvalue weighted by Gasteiger charge is 2.09. The number of nitriles is 1. The molecule has 1 heterocycles. The van der Waals surface area contributed by atoms with Crippen molar-refractivity contribution in [2.24, 2.45) is 0 Å². The summed E-state index contributed by atoms with van der Waals surface area (Å²) in [5.74, 6) is -0.253. The number of nitrogens with one attached hydrogen (secondary N) is 1. The first-order valence-electron chi connectivity index (χ1n) is 6.45. The normalized spacial score (nSPS) is 10.4. The van der Waals surface area contributed by atoms with E-state index in [0.717, 1.165) is 11.0 Å². The SMILES string of the molecule is N#Cc1ccc(NC(=O)Cn2nnc3ccccc32)cc1Cl. The van der Waals surface area contributed by atoms with Gasteiger partial charge in [0.05, 0.1) is 16.1 Å². The first kappa shape index (κ1) is 14.0. The zero-order valence-electron chi connectivity index (χ0n) is 11.3. The van der Waals surface area contributed by atoms with Gasteiger partial charge in [-0.2, -0.15) is 5.26 Å². The van der Waals surface area contributed by atoms with Crippen LogP contribution in [0.1, 0.15) is 5.56 Å². The number of amides is 1. The molecule has 0 unspecified atom stereocenters. The Labute approximate surface area is 130 Å². The van der Waals surface area contributed by atoms with Crippen LogP contribution in [0.25, 0.3) is 11.0 Å². The summed E-state index contributed by atoms with van der Waals surface area (Å²) in [5.41, 5.74) is 2.41. The van der Waals surface area contributed by atoms with Crippen molar-refractivity contribution in [1.82, 2.24) is 15.0 Å². The van der Waals surface area contributed by atoms with E-state index in [4.69, 9.17) is 16.9 Å². The van der Waals surface area contributed by atoms with Gasteiger partial charge in [-0.05, 0) is 30.3 Å². The van der Waals surface area contributed by atoms with Gasteiger partial charge in [0.15, 0.2) is 0 Å². The maximum absolute atomic E-state index is 12.1. The lowest BCUT2D eigenvalue weighted by Gasteiger charge is -2.06. The molecule has 1 aromatic heterocycles. The summed E-state index contributed by atoms with van der Waals surface area (Å²) in [7, 11) is 0. The van der Waals surface area contributed by atoms with Crippen LogP contribution in [0.5, 0.6) is 0 Å². The number of benzene rings is 2. The average molecular weight is 312 g/mol. The van der Waals surface area contributed by atoms with Crippen LogP contribution in [0, 0.1) is 11.3 Å². The minimum Gasteiger partial charge on any atom is -0.324 e. The van der Waals surface area contributed by atoms with Crippen molar-refractivity contribution < 1.29 is 4.79 Å². The Balaban J connectivity index is 1.75. The maximum Gasteiger partial charge on any atom is 0.246 e. The number of fused-ring (bicyclic) bond motifs is 1. The van der Waals surface area contributed by atoms with Crippen molar-refractivity contribution in [2.45, 2.75) is 6.54 Å². The Hall–Kier alpha value is -2.91. The van der Waals surface area contributed by atoms with Crippen LogP contribution in [0.15, 0.2) is 42.5 Å². The molecule has 3 rings (SSSR count). The van der Waals surface area contributed by atoms with Crippen LogP contribution >= 0.6 is 11.6 Å². The molecule has 22 heavy (non-hydrogen) atoms. The largest absolute Gasteiger partial charge is 0.324 e. The zero-order chi connectivity index (χ0) is 15.5. The fourth-order valence-electron chi connectivity index (χ4n) is 2.05. The highest BCUT2D eigenvalue weighted by atomic mass is 35.5. The highest BCUT2D eigenvalue weighted by molar-refractivity contribution is 6.32. The lowest BCUT2D eigenvalue weighted by Crippen LogP contribution is -2.19. The summed E-state index contributed by atoms with van der Waals surface area (Å²) in [6.07, 6.45) is 0. The molecule has 1 amide bonds. The molecule has 0 spiro atoms. The number of carbonyl (C=O) groups excluding carboxylic acids is 1. The van der Waals surface area contributed by atoms with E-state index in [0.29, 0.717) is 16.3 Å². The molecule has 0 aliphatic rings. The average Bonchev–Trinajstić information content (AvgIpc) is 2.91. The Kier molecular flexibility index (Phi) is 3.73. The molecule has 0 saturated carbocycles. The van der Waals surface area contributed by atoms with E-state index in [-0.39, 0.29) is 12.5 Å². The number of anilines is 1. The van der Waals surface area contributed by atoms with Gasteiger partial charge < -0.3 is 5.32 Å². The van der Waals surface area contributed by atoms with Gasteiger partial charge in [-0.15, -0.1) is 5.10 Å². The Bertz CT molecular complexity index is 896. The minimum absolute atomic E-state index is 0.0398. The standard InChI is InChI=1S/C15H10ClN5O/c16-12-7-11(6-5-10(12)8-17)18-15(22)9-21-14-4-2-1-3-13(14)19-20-21/h1-7H,9H2,(H,18,22). The van der Waals surface area contributed by atoms with Gasteiger partial charge in [0.25, 0.3) is 0 Å². The van der Waals surface area contributed by atoms with Crippen molar-refractivity contribution in [3.8, 4) is 6.07 Å². The topological polar surface area (TPSA) is 83.6 Å². The molecule has 6 nitrogen and oxygen atoms in total. The summed E-state index contributed by atoms with van der Waals surface area (Å²) < 4.78 is 1.52. The van der Waals surface area contributed by atoms with Gasteiger partial charge >= 0.3 is 0 Å². The minimum atomic E-state index is -0.253. The van der Waals surface area contributed by atoms with Gasteiger partial charge in [-0.25, -0.2) is 4.68 Å². The molecule has 3 aromatic rings. The molecule has 0 atom stereocenters. The second-order valence-electron chi connectivity index (χ2n) is 4.59. The molecule has 0 bridgehead atoms. The smallest absolute Gasteiger partial charge is 0.246 e. The molecule has 7 heteroatoms. The number of hydrogen-bond acceptors (Lipinski definition) is 4. The van der Waals surface area contributed by atoms with Gasteiger partial charge in [-0.1, -0.05) is 28.9 Å². The van der Waals surface area contributed by atoms with Crippen LogP contribution in [0.2, 0.25) is 5.02 Å². The Morgan fingerprint density at radius 2 is 2.14 bits per heavy atom. The second kappa shape index (κ2) is 5.84. The molecule has 0 fully saturated rings. The van der Waals surface area contributed by atoms with Crippen LogP contribution in [0.3, 0.4) is 0 Å². The monoisotopic (exact) mass is 311 g/mol. The van der Waals surface area contributed by atoms with Crippen molar-refractivity contribution in [1.29, 1.82) is 5.26 Å². The predicted molar refractivity (Wildman–Crippen MR) is 82.3 cm³/mol. The van der Waals surface area contributed by atoms with Crippen molar-refractivity contribution in [3.63, 3.8) is 0 Å². The molecule has 0 radical (unpaired) electrons. The molecular weight excluding hydrogens is 302 g/mol. The Morgan fingerprint density at radius 3 is 2.91 bits per heavy atom. The van der Waals surface area contributed by atoms with Gasteiger partial charge in [0.1, 0.15) is 18.1 Å². The summed E-state index contributed by atoms with van der Waals surface area (Å²) in [6, 6.07) is 14.1. The van der Waals surface area contributed by atoms with Crippen molar-refractivity contribution >= 4 is 34.2 Å². The molecule has 1 N–H and O–H groups in total. The quantitative estimate of drug-likeness (QED) is 0.805. The molecule has 0 aliphatic carbocycles. The lowest BCUT2D eigenvalue weighted by molar-refractivity contribution is -0.116. The highest BCUT2D eigenvalue weighted by Crippen LogP contribution is 2.20. The number of aromatic nitrogens is 3. The van der Waals surface area contributed by atoms with E-state index in [1.54, 1.807) is 12.1 Å². The van der Waals surface area contributed by atoms with E-state index in [1.165, 1.54) is 10.7 Å². The molecule has 2 aromatic carbocycles. The van der Waals surface area contributed by atoms with Crippen molar-refractivity contribution in [2.75, 3.05) is 5.32 Å². The number of halogens is 1. The zero-order valence-corrected chi connectivity index (χ0v) is 12.1. The summed E-state index contributed by atoms with van der Waals surface area (Å²) in [6.45, 7) is 0.0398. The van der Waals surface area contributed by atoms with Gasteiger partial charge in [0, 0.05) is 5.69 Å². The van der Waals surface area contributed by atoms with E-state index < -0.39 is 0 Å². The van der Waals surface area contributed by atoms with Crippen LogP contribution < -0.4 is 5.32 Å². The van der Waals surface area contributed by atoms with E-state index >= 15 is 0 Å². The first-order chi connectivity index (χ1) is 10.7. The van der Waals surface area contributed by atoms with Gasteiger partial charge in [-0.3, -0.25) is 4.79 Å². The van der Waals surface area contributed by atoms with Crippen LogP contribution in [-0.2, 0) is 11.3 Å². The first-order valence-corrected chi connectivity index (χ1v) is 6.83. The number of nitrogens with zero attached hydrogens (tertiary/aromatic N) is 4. The van der Waals surface area contributed by atoms with Crippen LogP contribution in [0.4, 0.5) is 5.69 Å². The molecule has 108 valence electrons. The summed E-state index contributed by atoms with van der Waals surface area (Å²) in [4.78, 5) is 12.1. The molecule has 0 aliphatic heterocycles. The second-order valence-corrected chi connectivity index (χ2v) is 5.00. The lowest BCUT2D eigenvalue weighted by atomic mass is 10.2. The third kappa shape index (κ3) is 2.75. The maximum atomic E-state index is 12.1. The van der Waals surface area contributed by atoms with E-state index in [1.807, 2.05) is 30.3 Å². The van der Waals surface area contributed by atoms with Crippen LogP contribution in [-0.4, -0.2) is 20.9 Å². The summed E-state index contributed by atoms with van der Waals surface area (Å²) >= 11 is 5.93. The van der Waals surface area contributed by atoms with Gasteiger partial charge in [0.2, 0.25) is 5.91 Å². The molecule has 0 saturated heterocycles. The van der Waals surface area contributed by atoms with Crippen molar-refractivity contribution in [3.05, 3.63) is 53.1 Å². The Morgan fingerprint density at radius 1 is 1.32 bits per heavy atom. The third-order valence-electron chi connectivity index (χ3n) is 3.09. The number of hydrogen-bond donors (Lipinski definition) is 1.